The van der Waals surface area contributed by atoms with Crippen molar-refractivity contribution in [3.05, 3.63) is 78.1 Å². The maximum atomic E-state index is 4.47. The fourth-order valence-corrected chi connectivity index (χ4v) is 2.95. The lowest BCUT2D eigenvalue weighted by atomic mass is 10.2. The topological polar surface area (TPSA) is 21.1 Å². The minimum atomic E-state index is 0.920. The molecule has 0 aliphatic carbocycles. The third-order valence-electron chi connectivity index (χ3n) is 4.01. The van der Waals surface area contributed by atoms with Gasteiger partial charge in [0.2, 0.25) is 0 Å². The highest BCUT2D eigenvalue weighted by Gasteiger charge is 2.18. The Hall–Kier alpha value is -2.55. The zero-order valence-corrected chi connectivity index (χ0v) is 11.8. The molecule has 0 unspecified atom stereocenters. The molecule has 1 aromatic heterocycles. The molecule has 0 atom stereocenters. The molecule has 0 radical (unpaired) electrons. The first-order valence-electron chi connectivity index (χ1n) is 7.32. The predicted molar refractivity (Wildman–Crippen MR) is 84.8 cm³/mol. The van der Waals surface area contributed by atoms with Gasteiger partial charge in [-0.25, -0.2) is 4.68 Å². The van der Waals surface area contributed by atoms with Crippen molar-refractivity contribution < 1.29 is 0 Å². The standard InChI is InChI=1S/C18H17N3/c1-2-7-17(8-3-1)21-14-15(12-19-21)13-20-11-10-16-6-4-5-9-18(16)20/h1-9,12,14H,10-11,13H2. The summed E-state index contributed by atoms with van der Waals surface area (Å²) in [4.78, 5) is 2.43. The molecule has 21 heavy (non-hydrogen) atoms. The molecule has 1 aliphatic rings. The van der Waals surface area contributed by atoms with Crippen molar-refractivity contribution in [1.82, 2.24) is 9.78 Å². The number of rotatable bonds is 3. The summed E-state index contributed by atoms with van der Waals surface area (Å²) in [6.45, 7) is 2.01. The Balaban J connectivity index is 1.56. The van der Waals surface area contributed by atoms with Gasteiger partial charge in [0.1, 0.15) is 0 Å². The molecule has 4 rings (SSSR count). The number of nitrogens with zero attached hydrogens (tertiary/aromatic N) is 3. The molecule has 2 heterocycles. The van der Waals surface area contributed by atoms with Crippen LogP contribution in [0.2, 0.25) is 0 Å². The van der Waals surface area contributed by atoms with Crippen molar-refractivity contribution >= 4 is 5.69 Å². The van der Waals surface area contributed by atoms with Crippen LogP contribution >= 0.6 is 0 Å². The van der Waals surface area contributed by atoms with Crippen LogP contribution in [0, 0.1) is 0 Å². The molecule has 0 saturated heterocycles. The second-order valence-corrected chi connectivity index (χ2v) is 5.43. The van der Waals surface area contributed by atoms with Crippen molar-refractivity contribution in [1.29, 1.82) is 0 Å². The SMILES string of the molecule is c1ccc(-n2cc(CN3CCc4ccccc43)cn2)cc1. The molecule has 0 amide bonds. The number of hydrogen-bond donors (Lipinski definition) is 0. The lowest BCUT2D eigenvalue weighted by Gasteiger charge is -2.18. The van der Waals surface area contributed by atoms with Gasteiger partial charge in [-0.1, -0.05) is 36.4 Å². The zero-order chi connectivity index (χ0) is 14.1. The van der Waals surface area contributed by atoms with E-state index in [1.165, 1.54) is 16.8 Å². The summed E-state index contributed by atoms with van der Waals surface area (Å²) in [5, 5.41) is 4.47. The highest BCUT2D eigenvalue weighted by Crippen LogP contribution is 2.28. The third-order valence-corrected chi connectivity index (χ3v) is 4.01. The van der Waals surface area contributed by atoms with E-state index in [2.05, 4.69) is 52.6 Å². The van der Waals surface area contributed by atoms with E-state index in [0.717, 1.165) is 25.2 Å². The molecule has 0 spiro atoms. The average Bonchev–Trinajstić information content (AvgIpc) is 3.17. The van der Waals surface area contributed by atoms with Crippen LogP contribution in [0.4, 0.5) is 5.69 Å². The maximum absolute atomic E-state index is 4.47. The molecular formula is C18H17N3. The summed E-state index contributed by atoms with van der Waals surface area (Å²) in [5.74, 6) is 0. The largest absolute Gasteiger partial charge is 0.367 e. The molecular weight excluding hydrogens is 258 g/mol. The number of benzene rings is 2. The Morgan fingerprint density at radius 1 is 0.952 bits per heavy atom. The van der Waals surface area contributed by atoms with Crippen LogP contribution in [-0.2, 0) is 13.0 Å². The smallest absolute Gasteiger partial charge is 0.0645 e. The van der Waals surface area contributed by atoms with Crippen LogP contribution in [0.1, 0.15) is 11.1 Å². The monoisotopic (exact) mass is 275 g/mol. The van der Waals surface area contributed by atoms with E-state index in [0.29, 0.717) is 0 Å². The van der Waals surface area contributed by atoms with Crippen LogP contribution in [0.15, 0.2) is 67.0 Å². The zero-order valence-electron chi connectivity index (χ0n) is 11.8. The Bertz CT molecular complexity index is 746. The second-order valence-electron chi connectivity index (χ2n) is 5.43. The van der Waals surface area contributed by atoms with E-state index in [1.54, 1.807) is 0 Å². The summed E-state index contributed by atoms with van der Waals surface area (Å²) in [6.07, 6.45) is 5.23. The Morgan fingerprint density at radius 3 is 2.67 bits per heavy atom. The molecule has 0 saturated carbocycles. The van der Waals surface area contributed by atoms with Crippen LogP contribution < -0.4 is 4.90 Å². The van der Waals surface area contributed by atoms with Gasteiger partial charge in [-0.2, -0.15) is 5.10 Å². The highest BCUT2D eigenvalue weighted by molar-refractivity contribution is 5.58. The number of aromatic nitrogens is 2. The quantitative estimate of drug-likeness (QED) is 0.730. The van der Waals surface area contributed by atoms with E-state index in [-0.39, 0.29) is 0 Å². The van der Waals surface area contributed by atoms with Crippen molar-refractivity contribution in [2.75, 3.05) is 11.4 Å². The second kappa shape index (κ2) is 5.09. The summed E-state index contributed by atoms with van der Waals surface area (Å²) in [6, 6.07) is 18.9. The Labute approximate surface area is 124 Å². The fraction of sp³-hybridized carbons (Fsp3) is 0.167. The molecule has 3 heteroatoms. The van der Waals surface area contributed by atoms with Crippen molar-refractivity contribution in [3.63, 3.8) is 0 Å². The van der Waals surface area contributed by atoms with E-state index in [1.807, 2.05) is 29.1 Å². The number of anilines is 1. The van der Waals surface area contributed by atoms with Crippen LogP contribution in [-0.4, -0.2) is 16.3 Å². The molecule has 2 aromatic carbocycles. The fourth-order valence-electron chi connectivity index (χ4n) is 2.95. The normalized spacial score (nSPS) is 13.4. The molecule has 0 N–H and O–H groups in total. The van der Waals surface area contributed by atoms with E-state index in [4.69, 9.17) is 0 Å². The van der Waals surface area contributed by atoms with Gasteiger partial charge in [-0.05, 0) is 30.2 Å². The van der Waals surface area contributed by atoms with Crippen molar-refractivity contribution in [2.24, 2.45) is 0 Å². The molecule has 0 bridgehead atoms. The number of fused-ring (bicyclic) bond motifs is 1. The first-order valence-corrected chi connectivity index (χ1v) is 7.32. The van der Waals surface area contributed by atoms with Gasteiger partial charge in [-0.3, -0.25) is 0 Å². The Kier molecular flexibility index (Phi) is 2.96. The summed E-state index contributed by atoms with van der Waals surface area (Å²) in [7, 11) is 0. The van der Waals surface area contributed by atoms with E-state index in [9.17, 15) is 0 Å². The lowest BCUT2D eigenvalue weighted by molar-refractivity contribution is 0.834. The number of hydrogen-bond acceptors (Lipinski definition) is 2. The Morgan fingerprint density at radius 2 is 1.76 bits per heavy atom. The van der Waals surface area contributed by atoms with Gasteiger partial charge in [-0.15, -0.1) is 0 Å². The molecule has 3 aromatic rings. The first kappa shape index (κ1) is 12.2. The minimum Gasteiger partial charge on any atom is -0.367 e. The van der Waals surface area contributed by atoms with Gasteiger partial charge in [0, 0.05) is 30.5 Å². The summed E-state index contributed by atoms with van der Waals surface area (Å²) < 4.78 is 1.94. The molecule has 0 fully saturated rings. The van der Waals surface area contributed by atoms with Gasteiger partial charge in [0.15, 0.2) is 0 Å². The van der Waals surface area contributed by atoms with Gasteiger partial charge in [0.05, 0.1) is 11.9 Å². The minimum absolute atomic E-state index is 0.920. The summed E-state index contributed by atoms with van der Waals surface area (Å²) in [5.41, 5.74) is 5.17. The van der Waals surface area contributed by atoms with Crippen molar-refractivity contribution in [3.8, 4) is 5.69 Å². The van der Waals surface area contributed by atoms with E-state index >= 15 is 0 Å². The maximum Gasteiger partial charge on any atom is 0.0645 e. The third kappa shape index (κ3) is 2.31. The number of para-hydroxylation sites is 2. The van der Waals surface area contributed by atoms with Crippen LogP contribution in [0.5, 0.6) is 0 Å². The average molecular weight is 275 g/mol. The predicted octanol–water partition coefficient (Wildman–Crippen LogP) is 3.44. The van der Waals surface area contributed by atoms with Gasteiger partial charge >= 0.3 is 0 Å². The highest BCUT2D eigenvalue weighted by atomic mass is 15.3. The molecule has 3 nitrogen and oxygen atoms in total. The first-order chi connectivity index (χ1) is 10.4. The van der Waals surface area contributed by atoms with Gasteiger partial charge in [0.25, 0.3) is 0 Å². The van der Waals surface area contributed by atoms with Gasteiger partial charge < -0.3 is 4.90 Å². The van der Waals surface area contributed by atoms with Crippen molar-refractivity contribution in [2.45, 2.75) is 13.0 Å². The molecule has 104 valence electrons. The summed E-state index contributed by atoms with van der Waals surface area (Å²) >= 11 is 0. The van der Waals surface area contributed by atoms with Crippen LogP contribution in [0.25, 0.3) is 5.69 Å². The van der Waals surface area contributed by atoms with E-state index < -0.39 is 0 Å². The lowest BCUT2D eigenvalue weighted by Crippen LogP contribution is -2.19. The molecule has 1 aliphatic heterocycles. The van der Waals surface area contributed by atoms with Crippen LogP contribution in [0.3, 0.4) is 0 Å².